The van der Waals surface area contributed by atoms with E-state index in [2.05, 4.69) is 39.5 Å². The van der Waals surface area contributed by atoms with Gasteiger partial charge in [-0.2, -0.15) is 0 Å². The third kappa shape index (κ3) is 2.86. The lowest BCUT2D eigenvalue weighted by atomic mass is 9.61. The van der Waals surface area contributed by atoms with Crippen molar-refractivity contribution in [2.75, 3.05) is 0 Å². The van der Waals surface area contributed by atoms with Crippen LogP contribution >= 0.6 is 0 Å². The van der Waals surface area contributed by atoms with Gasteiger partial charge in [0.25, 0.3) is 0 Å². The molecule has 22 heavy (non-hydrogen) atoms. The van der Waals surface area contributed by atoms with Crippen LogP contribution in [0, 0.1) is 23.2 Å². The zero-order chi connectivity index (χ0) is 15.7. The van der Waals surface area contributed by atoms with Gasteiger partial charge in [-0.25, -0.2) is 0 Å². The molecule has 0 aromatic rings. The maximum absolute atomic E-state index is 4.28. The summed E-state index contributed by atoms with van der Waals surface area (Å²) in [4.78, 5) is 0. The van der Waals surface area contributed by atoms with Crippen molar-refractivity contribution in [2.24, 2.45) is 23.2 Å². The monoisotopic (exact) mass is 298 g/mol. The van der Waals surface area contributed by atoms with Gasteiger partial charge in [0.05, 0.1) is 0 Å². The molecule has 3 aliphatic carbocycles. The molecule has 3 saturated carbocycles. The summed E-state index contributed by atoms with van der Waals surface area (Å²) in [7, 11) is 0. The summed E-state index contributed by atoms with van der Waals surface area (Å²) < 4.78 is 0. The lowest BCUT2D eigenvalue weighted by Gasteiger charge is -2.43. The second-order valence-electron chi connectivity index (χ2n) is 8.58. The highest BCUT2D eigenvalue weighted by atomic mass is 14.5. The fraction of sp³-hybridized carbons (Fsp3) is 0.727. The summed E-state index contributed by atoms with van der Waals surface area (Å²) in [5.41, 5.74) is 5.25. The minimum Gasteiger partial charge on any atom is -0.0956 e. The Bertz CT molecular complexity index is 490. The Morgan fingerprint density at radius 2 is 1.82 bits per heavy atom. The van der Waals surface area contributed by atoms with Gasteiger partial charge in [0, 0.05) is 0 Å². The predicted molar refractivity (Wildman–Crippen MR) is 96.8 cm³/mol. The molecule has 0 aromatic heterocycles. The van der Waals surface area contributed by atoms with Crippen molar-refractivity contribution in [2.45, 2.75) is 78.6 Å². The van der Waals surface area contributed by atoms with Crippen molar-refractivity contribution >= 4 is 0 Å². The second kappa shape index (κ2) is 6.38. The van der Waals surface area contributed by atoms with E-state index in [1.807, 2.05) is 0 Å². The van der Waals surface area contributed by atoms with Crippen molar-refractivity contribution in [1.29, 1.82) is 0 Å². The van der Waals surface area contributed by atoms with E-state index in [4.69, 9.17) is 0 Å². The standard InChI is InChI=1S/C22H34/c1-16(2)20-13-14-21-19(10-7-15-22(20,21)4)12-11-18-9-6-5-8-17(18)3/h11-12,16,20-21H,3,5-10,13-15H2,1-2,4H3/b18-11-,19-12+. The average molecular weight is 299 g/mol. The van der Waals surface area contributed by atoms with Gasteiger partial charge >= 0.3 is 0 Å². The Balaban J connectivity index is 1.81. The minimum absolute atomic E-state index is 0.570. The van der Waals surface area contributed by atoms with Gasteiger partial charge in [-0.15, -0.1) is 0 Å². The van der Waals surface area contributed by atoms with Crippen molar-refractivity contribution in [1.82, 2.24) is 0 Å². The van der Waals surface area contributed by atoms with Crippen molar-refractivity contribution in [3.63, 3.8) is 0 Å². The van der Waals surface area contributed by atoms with Crippen LogP contribution in [0.2, 0.25) is 0 Å². The number of allylic oxidation sites excluding steroid dienone is 5. The highest BCUT2D eigenvalue weighted by Crippen LogP contribution is 2.59. The maximum atomic E-state index is 4.28. The predicted octanol–water partition coefficient (Wildman–Crippen LogP) is 6.84. The smallest absolute Gasteiger partial charge is 0.0143 e. The molecule has 3 atom stereocenters. The molecular weight excluding hydrogens is 264 g/mol. The van der Waals surface area contributed by atoms with Gasteiger partial charge in [0.15, 0.2) is 0 Å². The summed E-state index contributed by atoms with van der Waals surface area (Å²) >= 11 is 0. The molecule has 3 aliphatic rings. The molecular formula is C22H34. The first kappa shape index (κ1) is 16.1. The van der Waals surface area contributed by atoms with Crippen LogP contribution in [-0.4, -0.2) is 0 Å². The zero-order valence-corrected chi connectivity index (χ0v) is 15.0. The largest absolute Gasteiger partial charge is 0.0956 e. The van der Waals surface area contributed by atoms with Crippen molar-refractivity contribution in [3.8, 4) is 0 Å². The molecule has 0 spiro atoms. The summed E-state index contributed by atoms with van der Waals surface area (Å²) in [6.07, 6.45) is 17.1. The molecule has 0 nitrogen and oxygen atoms in total. The SMILES string of the molecule is C=C1CCCC/C1=C/C=C1\CCCC2(C)C1CCC2C(C)C. The van der Waals surface area contributed by atoms with E-state index >= 15 is 0 Å². The Morgan fingerprint density at radius 3 is 2.55 bits per heavy atom. The Labute approximate surface area is 137 Å². The molecule has 3 fully saturated rings. The van der Waals surface area contributed by atoms with Gasteiger partial charge in [-0.3, -0.25) is 0 Å². The van der Waals surface area contributed by atoms with Gasteiger partial charge in [-0.1, -0.05) is 50.6 Å². The molecule has 3 rings (SSSR count). The molecule has 0 radical (unpaired) electrons. The molecule has 0 saturated heterocycles. The fourth-order valence-corrected chi connectivity index (χ4v) is 5.77. The van der Waals surface area contributed by atoms with E-state index < -0.39 is 0 Å². The first-order valence-electron chi connectivity index (χ1n) is 9.60. The molecule has 3 unspecified atom stereocenters. The lowest BCUT2D eigenvalue weighted by molar-refractivity contribution is 0.104. The van der Waals surface area contributed by atoms with Crippen LogP contribution in [0.1, 0.15) is 78.6 Å². The third-order valence-electron chi connectivity index (χ3n) is 6.97. The molecule has 0 aliphatic heterocycles. The fourth-order valence-electron chi connectivity index (χ4n) is 5.77. The van der Waals surface area contributed by atoms with Gasteiger partial charge < -0.3 is 0 Å². The Kier molecular flexibility index (Phi) is 4.67. The van der Waals surface area contributed by atoms with E-state index in [9.17, 15) is 0 Å². The lowest BCUT2D eigenvalue weighted by Crippen LogP contribution is -2.35. The van der Waals surface area contributed by atoms with Crippen molar-refractivity contribution in [3.05, 3.63) is 35.5 Å². The van der Waals surface area contributed by atoms with E-state index in [0.717, 1.165) is 17.8 Å². The number of fused-ring (bicyclic) bond motifs is 1. The summed E-state index contributed by atoms with van der Waals surface area (Å²) in [6, 6.07) is 0. The van der Waals surface area contributed by atoms with Gasteiger partial charge in [-0.05, 0) is 86.5 Å². The number of hydrogen-bond acceptors (Lipinski definition) is 0. The first-order chi connectivity index (χ1) is 10.5. The Morgan fingerprint density at radius 1 is 1.05 bits per heavy atom. The van der Waals surface area contributed by atoms with Crippen LogP contribution in [-0.2, 0) is 0 Å². The summed E-state index contributed by atoms with van der Waals surface area (Å²) in [6.45, 7) is 11.7. The van der Waals surface area contributed by atoms with Gasteiger partial charge in [0.2, 0.25) is 0 Å². The normalized spacial score (nSPS) is 39.7. The Hall–Kier alpha value is -0.780. The molecule has 0 aromatic carbocycles. The molecule has 0 heterocycles. The number of hydrogen-bond donors (Lipinski definition) is 0. The summed E-state index contributed by atoms with van der Waals surface area (Å²) in [5, 5.41) is 0. The highest BCUT2D eigenvalue weighted by molar-refractivity contribution is 5.35. The van der Waals surface area contributed by atoms with Crippen LogP contribution in [0.3, 0.4) is 0 Å². The molecule has 0 N–H and O–H groups in total. The average Bonchev–Trinajstić information content (AvgIpc) is 2.84. The van der Waals surface area contributed by atoms with Crippen LogP contribution in [0.4, 0.5) is 0 Å². The number of rotatable bonds is 2. The molecule has 0 amide bonds. The maximum Gasteiger partial charge on any atom is -0.0143 e. The van der Waals surface area contributed by atoms with Crippen LogP contribution in [0.25, 0.3) is 0 Å². The van der Waals surface area contributed by atoms with Crippen LogP contribution in [0.5, 0.6) is 0 Å². The highest BCUT2D eigenvalue weighted by Gasteiger charge is 2.49. The third-order valence-corrected chi connectivity index (χ3v) is 6.97. The van der Waals surface area contributed by atoms with E-state index in [1.165, 1.54) is 68.9 Å². The molecule has 0 bridgehead atoms. The van der Waals surface area contributed by atoms with Crippen LogP contribution < -0.4 is 0 Å². The zero-order valence-electron chi connectivity index (χ0n) is 15.0. The van der Waals surface area contributed by atoms with E-state index in [-0.39, 0.29) is 0 Å². The minimum atomic E-state index is 0.570. The molecule has 0 heteroatoms. The first-order valence-corrected chi connectivity index (χ1v) is 9.60. The quantitative estimate of drug-likeness (QED) is 0.523. The van der Waals surface area contributed by atoms with E-state index in [0.29, 0.717) is 5.41 Å². The molecule has 122 valence electrons. The van der Waals surface area contributed by atoms with Crippen LogP contribution in [0.15, 0.2) is 35.5 Å². The van der Waals surface area contributed by atoms with E-state index in [1.54, 1.807) is 5.57 Å². The van der Waals surface area contributed by atoms with Gasteiger partial charge in [0.1, 0.15) is 0 Å². The second-order valence-corrected chi connectivity index (χ2v) is 8.58. The van der Waals surface area contributed by atoms with Crippen molar-refractivity contribution < 1.29 is 0 Å². The topological polar surface area (TPSA) is 0 Å². The summed E-state index contributed by atoms with van der Waals surface area (Å²) in [5.74, 6) is 2.62.